The predicted octanol–water partition coefficient (Wildman–Crippen LogP) is -0.681. The number of hydrogen-bond acceptors (Lipinski definition) is 6. The molecule has 104 valence electrons. The van der Waals surface area contributed by atoms with Crippen LogP contribution in [0.1, 0.15) is 12.8 Å². The van der Waals surface area contributed by atoms with E-state index in [9.17, 15) is 14.4 Å². The Labute approximate surface area is 109 Å². The fourth-order valence-corrected chi connectivity index (χ4v) is 1.65. The lowest BCUT2D eigenvalue weighted by molar-refractivity contribution is -0.141. The predicted molar refractivity (Wildman–Crippen MR) is 65.7 cm³/mol. The summed E-state index contributed by atoms with van der Waals surface area (Å²) >= 11 is 0. The quantitative estimate of drug-likeness (QED) is 0.429. The number of Topliss-reactive ketones (excluding diaryl/α,β-unsaturated/α-hetero) is 1. The van der Waals surface area contributed by atoms with E-state index in [0.717, 1.165) is 0 Å². The zero-order valence-electron chi connectivity index (χ0n) is 10.2. The summed E-state index contributed by atoms with van der Waals surface area (Å²) in [5, 5.41) is 8.61. The number of ketones is 1. The molecule has 1 aliphatic carbocycles. The summed E-state index contributed by atoms with van der Waals surface area (Å²) in [4.78, 5) is 33.7. The van der Waals surface area contributed by atoms with Gasteiger partial charge in [-0.3, -0.25) is 14.4 Å². The van der Waals surface area contributed by atoms with E-state index >= 15 is 0 Å². The van der Waals surface area contributed by atoms with Crippen LogP contribution in [0.5, 0.6) is 0 Å². The van der Waals surface area contributed by atoms with Gasteiger partial charge < -0.3 is 21.3 Å². The Balaban J connectivity index is 2.77. The Morgan fingerprint density at radius 2 is 2.16 bits per heavy atom. The summed E-state index contributed by atoms with van der Waals surface area (Å²) in [6.07, 6.45) is 4.88. The Kier molecular flexibility index (Phi) is 5.40. The van der Waals surface area contributed by atoms with Crippen LogP contribution in [0.25, 0.3) is 0 Å². The van der Waals surface area contributed by atoms with Crippen molar-refractivity contribution in [2.75, 3.05) is 6.54 Å². The normalized spacial score (nSPS) is 19.5. The van der Waals surface area contributed by atoms with Crippen LogP contribution in [-0.4, -0.2) is 35.4 Å². The molecule has 1 unspecified atom stereocenters. The van der Waals surface area contributed by atoms with E-state index in [1.165, 1.54) is 0 Å². The number of allylic oxidation sites excluding steroid dienone is 3. The monoisotopic (exact) mass is 268 g/mol. The molecule has 0 aromatic heterocycles. The fraction of sp³-hybridized carbons (Fsp3) is 0.417. The van der Waals surface area contributed by atoms with Gasteiger partial charge in [-0.2, -0.15) is 0 Å². The lowest BCUT2D eigenvalue weighted by atomic mass is 9.91. The summed E-state index contributed by atoms with van der Waals surface area (Å²) in [5.74, 6) is -3.01. The third kappa shape index (κ3) is 4.31. The highest BCUT2D eigenvalue weighted by Crippen LogP contribution is 2.22. The molecule has 0 fully saturated rings. The lowest BCUT2D eigenvalue weighted by Gasteiger charge is -2.20. The number of aliphatic carboxylic acids is 1. The number of carbonyl (C=O) groups excluding carboxylic acids is 2. The van der Waals surface area contributed by atoms with Crippen molar-refractivity contribution in [1.29, 1.82) is 0 Å². The first-order valence-electron chi connectivity index (χ1n) is 5.74. The van der Waals surface area contributed by atoms with Gasteiger partial charge in [0.15, 0.2) is 5.78 Å². The number of carboxylic acids is 1. The summed E-state index contributed by atoms with van der Waals surface area (Å²) in [6, 6.07) is -1.15. The van der Waals surface area contributed by atoms with Crippen molar-refractivity contribution >= 4 is 17.7 Å². The second-order valence-electron chi connectivity index (χ2n) is 4.03. The van der Waals surface area contributed by atoms with E-state index in [4.69, 9.17) is 21.3 Å². The zero-order valence-corrected chi connectivity index (χ0v) is 10.2. The van der Waals surface area contributed by atoms with E-state index in [1.807, 2.05) is 0 Å². The zero-order chi connectivity index (χ0) is 14.4. The maximum Gasteiger partial charge on any atom is 0.324 e. The Morgan fingerprint density at radius 3 is 2.74 bits per heavy atom. The highest BCUT2D eigenvalue weighted by atomic mass is 16.5. The lowest BCUT2D eigenvalue weighted by Crippen LogP contribution is -2.38. The Bertz CT molecular complexity index is 441. The number of carboxylic acid groups (broad SMARTS) is 1. The van der Waals surface area contributed by atoms with Gasteiger partial charge in [0.1, 0.15) is 5.76 Å². The maximum absolute atomic E-state index is 12.0. The van der Waals surface area contributed by atoms with E-state index in [-0.39, 0.29) is 12.3 Å². The highest BCUT2D eigenvalue weighted by molar-refractivity contribution is 5.93. The van der Waals surface area contributed by atoms with Crippen LogP contribution in [0.15, 0.2) is 24.0 Å². The van der Waals surface area contributed by atoms with Crippen LogP contribution < -0.4 is 11.5 Å². The minimum absolute atomic E-state index is 0.156. The van der Waals surface area contributed by atoms with Gasteiger partial charge in [0.2, 0.25) is 0 Å². The molecule has 0 aliphatic heterocycles. The molecule has 0 amide bonds. The molecule has 5 N–H and O–H groups in total. The second-order valence-corrected chi connectivity index (χ2v) is 4.03. The highest BCUT2D eigenvalue weighted by Gasteiger charge is 2.30. The molecule has 7 nitrogen and oxygen atoms in total. The van der Waals surface area contributed by atoms with Gasteiger partial charge in [0.05, 0.1) is 24.9 Å². The van der Waals surface area contributed by atoms with Crippen molar-refractivity contribution in [3.8, 4) is 0 Å². The van der Waals surface area contributed by atoms with Gasteiger partial charge in [-0.15, -0.1) is 0 Å². The molecular formula is C12H16N2O5. The van der Waals surface area contributed by atoms with Gasteiger partial charge in [-0.1, -0.05) is 12.2 Å². The first-order chi connectivity index (χ1) is 8.95. The first-order valence-corrected chi connectivity index (χ1v) is 5.74. The van der Waals surface area contributed by atoms with Gasteiger partial charge in [0.25, 0.3) is 0 Å². The van der Waals surface area contributed by atoms with Crippen molar-refractivity contribution in [1.82, 2.24) is 0 Å². The molecule has 0 aromatic carbocycles. The van der Waals surface area contributed by atoms with Crippen LogP contribution in [-0.2, 0) is 19.1 Å². The molecule has 1 rings (SSSR count). The maximum atomic E-state index is 12.0. The number of hydrogen-bond donors (Lipinski definition) is 3. The molecule has 0 bridgehead atoms. The van der Waals surface area contributed by atoms with Crippen LogP contribution in [0.4, 0.5) is 0 Å². The second kappa shape index (κ2) is 6.81. The minimum Gasteiger partial charge on any atom is -0.481 e. The molecule has 0 spiro atoms. The third-order valence-corrected chi connectivity index (χ3v) is 2.56. The van der Waals surface area contributed by atoms with E-state index in [2.05, 4.69) is 0 Å². The van der Waals surface area contributed by atoms with Gasteiger partial charge in [0, 0.05) is 0 Å². The smallest absolute Gasteiger partial charge is 0.324 e. The number of nitrogens with two attached hydrogens (primary N) is 2. The first kappa shape index (κ1) is 15.1. The van der Waals surface area contributed by atoms with Crippen molar-refractivity contribution < 1.29 is 24.2 Å². The molecule has 0 saturated heterocycles. The van der Waals surface area contributed by atoms with Gasteiger partial charge in [-0.05, 0) is 12.5 Å². The SMILES string of the molecule is NCC(=O)OC1=CCC=CC1C(=O)[C@@H](N)CC(=O)O. The number of ether oxygens (including phenoxy) is 1. The Morgan fingerprint density at radius 1 is 1.47 bits per heavy atom. The topological polar surface area (TPSA) is 133 Å². The standard InChI is InChI=1S/C12H16N2O5/c13-6-11(17)19-9-4-2-1-3-7(9)12(18)8(14)5-10(15)16/h1,3-4,7-8H,2,5-6,13-14H2,(H,15,16)/t7?,8-/m0/s1. The van der Waals surface area contributed by atoms with Crippen LogP contribution in [0.2, 0.25) is 0 Å². The van der Waals surface area contributed by atoms with Crippen LogP contribution in [0.3, 0.4) is 0 Å². The number of carbonyl (C=O) groups is 3. The van der Waals surface area contributed by atoms with Crippen LogP contribution in [0, 0.1) is 5.92 Å². The van der Waals surface area contributed by atoms with Crippen LogP contribution >= 0.6 is 0 Å². The van der Waals surface area contributed by atoms with Gasteiger partial charge in [-0.25, -0.2) is 0 Å². The van der Waals surface area contributed by atoms with Gasteiger partial charge >= 0.3 is 11.9 Å². The average molecular weight is 268 g/mol. The summed E-state index contributed by atoms with van der Waals surface area (Å²) < 4.78 is 4.95. The molecule has 1 aliphatic rings. The minimum atomic E-state index is -1.16. The average Bonchev–Trinajstić information content (AvgIpc) is 2.37. The summed E-state index contributed by atoms with van der Waals surface area (Å²) in [6.45, 7) is -0.302. The van der Waals surface area contributed by atoms with Crippen molar-refractivity contribution in [2.45, 2.75) is 18.9 Å². The molecule has 19 heavy (non-hydrogen) atoms. The molecule has 0 heterocycles. The molecule has 0 radical (unpaired) electrons. The van der Waals surface area contributed by atoms with E-state index < -0.39 is 36.1 Å². The van der Waals surface area contributed by atoms with Crippen molar-refractivity contribution in [3.05, 3.63) is 24.0 Å². The molecule has 2 atom stereocenters. The van der Waals surface area contributed by atoms with E-state index in [1.54, 1.807) is 18.2 Å². The third-order valence-electron chi connectivity index (χ3n) is 2.56. The van der Waals surface area contributed by atoms with Crippen molar-refractivity contribution in [3.63, 3.8) is 0 Å². The molecule has 0 saturated carbocycles. The molecular weight excluding hydrogens is 252 g/mol. The Hall–Kier alpha value is -1.99. The summed E-state index contributed by atoms with van der Waals surface area (Å²) in [5.41, 5.74) is 10.6. The van der Waals surface area contributed by atoms with E-state index in [0.29, 0.717) is 6.42 Å². The number of rotatable bonds is 6. The number of esters is 1. The molecule has 0 aromatic rings. The van der Waals surface area contributed by atoms with Crippen molar-refractivity contribution in [2.24, 2.45) is 17.4 Å². The fourth-order valence-electron chi connectivity index (χ4n) is 1.65. The summed E-state index contributed by atoms with van der Waals surface area (Å²) in [7, 11) is 0. The largest absolute Gasteiger partial charge is 0.481 e. The molecule has 7 heteroatoms.